The van der Waals surface area contributed by atoms with Gasteiger partial charge in [0.25, 0.3) is 11.1 Å². The van der Waals surface area contributed by atoms with E-state index in [0.29, 0.717) is 23.2 Å². The number of nitrogens with zero attached hydrogens (tertiary/aromatic N) is 10. The Balaban J connectivity index is 0.000000480. The molecule has 0 fully saturated rings. The van der Waals surface area contributed by atoms with Crippen LogP contribution in [-0.2, 0) is 16.6 Å². The molecule has 3 aromatic rings. The molecule has 0 aromatic carbocycles. The minimum atomic E-state index is -0.255. The smallest absolute Gasteiger partial charge is 0.351 e. The van der Waals surface area contributed by atoms with Gasteiger partial charge in [-0.3, -0.25) is 14.2 Å². The van der Waals surface area contributed by atoms with Crippen LogP contribution in [0.15, 0.2) is 126 Å². The predicted octanol–water partition coefficient (Wildman–Crippen LogP) is 13.3. The number of aryl methyl sites for hydroxylation is 3. The molecule has 4 N–H and O–H groups in total. The average Bonchev–Trinajstić information content (AvgIpc) is 3.22. The first-order valence-electron chi connectivity index (χ1n) is 26.8. The molecule has 17 heteroatoms. The van der Waals surface area contributed by atoms with E-state index in [1.807, 2.05) is 129 Å². The van der Waals surface area contributed by atoms with Gasteiger partial charge in [0.1, 0.15) is 52.2 Å². The van der Waals surface area contributed by atoms with Crippen LogP contribution in [0.1, 0.15) is 188 Å². The summed E-state index contributed by atoms with van der Waals surface area (Å²) in [6, 6.07) is 2.52. The Kier molecular flexibility index (Phi) is 23.4. The Morgan fingerprint density at radius 2 is 0.988 bits per heavy atom. The van der Waals surface area contributed by atoms with Crippen molar-refractivity contribution in [2.45, 2.75) is 227 Å². The van der Waals surface area contributed by atoms with Crippen molar-refractivity contribution in [3.63, 3.8) is 0 Å². The number of rotatable bonds is 0. The first kappa shape index (κ1) is 70.8. The molecular weight excluding hydrogens is 1010 g/mol. The Hall–Kier alpha value is -7.17. The molecule has 6 rings (SSSR count). The monoisotopic (exact) mass is 1110 g/mol. The Morgan fingerprint density at radius 1 is 0.512 bits per heavy atom. The van der Waals surface area contributed by atoms with Gasteiger partial charge in [0.05, 0.1) is 0 Å². The van der Waals surface area contributed by atoms with Crippen LogP contribution in [0, 0.1) is 34.6 Å². The van der Waals surface area contributed by atoms with Gasteiger partial charge in [-0.15, -0.1) is 0 Å². The molecular formula is C63H100N10O7. The fourth-order valence-corrected chi connectivity index (χ4v) is 8.94. The van der Waals surface area contributed by atoms with Crippen molar-refractivity contribution in [2.75, 3.05) is 0 Å². The molecule has 80 heavy (non-hydrogen) atoms. The number of pyridine rings is 2. The molecule has 6 heterocycles. The maximum absolute atomic E-state index is 11.7. The minimum absolute atomic E-state index is 0.000370. The van der Waals surface area contributed by atoms with Gasteiger partial charge in [-0.05, 0) is 194 Å². The average molecular weight is 1110 g/mol. The first-order valence-corrected chi connectivity index (χ1v) is 26.8. The molecule has 17 nitrogen and oxygen atoms in total. The third kappa shape index (κ3) is 19.6. The molecule has 0 aliphatic carbocycles. The molecule has 444 valence electrons. The van der Waals surface area contributed by atoms with Gasteiger partial charge in [0.15, 0.2) is 0 Å². The molecule has 0 saturated carbocycles. The second-order valence-corrected chi connectivity index (χ2v) is 26.3. The van der Waals surface area contributed by atoms with Crippen LogP contribution in [0.25, 0.3) is 0 Å². The quantitative estimate of drug-likeness (QED) is 0.166. The number of allylic oxidation sites excluding steroid dienone is 5. The van der Waals surface area contributed by atoms with E-state index in [1.54, 1.807) is 45.9 Å². The second-order valence-electron chi connectivity index (χ2n) is 26.3. The maximum Gasteiger partial charge on any atom is 0.351 e. The normalized spacial score (nSPS) is 15.2. The third-order valence-electron chi connectivity index (χ3n) is 12.6. The number of hydrogen-bond acceptors (Lipinski definition) is 14. The van der Waals surface area contributed by atoms with Crippen molar-refractivity contribution in [1.29, 1.82) is 0 Å². The van der Waals surface area contributed by atoms with E-state index in [-0.39, 0.29) is 61.5 Å². The summed E-state index contributed by atoms with van der Waals surface area (Å²) in [6.45, 7) is 67.1. The van der Waals surface area contributed by atoms with Gasteiger partial charge >= 0.3 is 5.69 Å². The summed E-state index contributed by atoms with van der Waals surface area (Å²) in [5, 5.41) is 37.8. The number of aliphatic imine (C=N–C) groups is 2. The van der Waals surface area contributed by atoms with Crippen LogP contribution >= 0.6 is 0 Å². The molecule has 3 aliphatic rings. The molecule has 0 amide bonds. The van der Waals surface area contributed by atoms with Gasteiger partial charge in [-0.25, -0.2) is 19.8 Å². The molecule has 0 atom stereocenters. The Labute approximate surface area is 478 Å². The number of aliphatic hydroxyl groups excluding tert-OH is 2. The number of aromatic hydroxyl groups is 2. The molecule has 0 radical (unpaired) electrons. The van der Waals surface area contributed by atoms with Gasteiger partial charge in [-0.1, -0.05) is 19.7 Å². The standard InChI is InChI=1S/C12H19NO.C11H17NO2.C11H17NO.C10H17N3.C10H15NO2.C9H15N3O/c1-8-7-11(14)9(2)10(3)13(8)12(4,5)6;1-7-8(2)12(11(3,4)5)10(14)6-9(7)13;1-8-7-12(11(3,4)5)9(2)6-10(8)13;1-7-11-8(2)13(9(3)12-7)10(4,5)6;1-7-6-11(10(2,3)4)9(13)5-8(7)12;1-6-10-7(2)12(8(13)11-6)9(3,4)5/h7,14H,1H2,2-6H3;6,13H,1-5H3;6-7,13H,2H2,1,3-5H3;2H2,1,3-6H3;5-6,12H,1-4H3;1-5H3. The van der Waals surface area contributed by atoms with Crippen molar-refractivity contribution in [2.24, 2.45) is 9.98 Å². The van der Waals surface area contributed by atoms with Gasteiger partial charge in [-0.2, -0.15) is 4.98 Å². The lowest BCUT2D eigenvalue weighted by Gasteiger charge is -2.41. The summed E-state index contributed by atoms with van der Waals surface area (Å²) >= 11 is 0. The topological polar surface area (TPSA) is 207 Å². The molecule has 3 aliphatic heterocycles. The first-order chi connectivity index (χ1) is 35.8. The van der Waals surface area contributed by atoms with Crippen LogP contribution in [0.3, 0.4) is 0 Å². The highest BCUT2D eigenvalue weighted by Crippen LogP contribution is 2.33. The highest BCUT2D eigenvalue weighted by Gasteiger charge is 2.29. The van der Waals surface area contributed by atoms with Crippen LogP contribution in [0.4, 0.5) is 0 Å². The Bertz CT molecular complexity index is 3170. The van der Waals surface area contributed by atoms with Crippen LogP contribution < -0.4 is 16.8 Å². The lowest BCUT2D eigenvalue weighted by atomic mass is 9.98. The van der Waals surface area contributed by atoms with E-state index >= 15 is 0 Å². The zero-order valence-corrected chi connectivity index (χ0v) is 54.1. The van der Waals surface area contributed by atoms with Crippen LogP contribution in [0.5, 0.6) is 11.5 Å². The van der Waals surface area contributed by atoms with Gasteiger partial charge in [0.2, 0.25) is 0 Å². The fraction of sp³-hybridized carbons (Fsp3) is 0.540. The Morgan fingerprint density at radius 3 is 1.41 bits per heavy atom. The van der Waals surface area contributed by atoms with Crippen LogP contribution in [-0.4, -0.2) is 87.1 Å². The van der Waals surface area contributed by atoms with E-state index in [0.717, 1.165) is 62.6 Å². The number of aliphatic hydroxyl groups is 2. The van der Waals surface area contributed by atoms with Crippen LogP contribution in [0.2, 0.25) is 0 Å². The molecule has 0 unspecified atom stereocenters. The fourth-order valence-electron chi connectivity index (χ4n) is 8.94. The van der Waals surface area contributed by atoms with E-state index in [9.17, 15) is 34.8 Å². The summed E-state index contributed by atoms with van der Waals surface area (Å²) in [5.41, 5.74) is 5.56. The summed E-state index contributed by atoms with van der Waals surface area (Å²) in [6.07, 6.45) is 7.02. The number of aromatic nitrogens is 5. The van der Waals surface area contributed by atoms with Crippen molar-refractivity contribution in [3.05, 3.63) is 162 Å². The lowest BCUT2D eigenvalue weighted by molar-refractivity contribution is 0.234. The van der Waals surface area contributed by atoms with Crippen molar-refractivity contribution in [1.82, 2.24) is 38.4 Å². The summed E-state index contributed by atoms with van der Waals surface area (Å²) in [4.78, 5) is 57.4. The summed E-state index contributed by atoms with van der Waals surface area (Å²) in [7, 11) is 0. The highest BCUT2D eigenvalue weighted by molar-refractivity contribution is 5.98. The van der Waals surface area contributed by atoms with E-state index in [2.05, 4.69) is 112 Å². The van der Waals surface area contributed by atoms with E-state index < -0.39 is 0 Å². The van der Waals surface area contributed by atoms with Crippen molar-refractivity contribution in [3.8, 4) is 11.5 Å². The second kappa shape index (κ2) is 26.4. The SMILES string of the molecule is C=C1C=C(O)C(C)=C(C)N1C(C)(C)C.C=C1C=C(O)C(C)=CN1C(C)(C)C.C=C1N=C(C)N=C(C)N1C(C)(C)C.Cc1c(O)cc(=O)n(C(C)(C)C)c1C.Cc1cn(C(C)(C)C)c(=O)cc1O.Cc1nc(C)n(C(C)(C)C)c(=O)n1. The van der Waals surface area contributed by atoms with Crippen molar-refractivity contribution < 1.29 is 20.4 Å². The molecule has 0 saturated heterocycles. The lowest BCUT2D eigenvalue weighted by Crippen LogP contribution is -2.44. The predicted molar refractivity (Wildman–Crippen MR) is 332 cm³/mol. The largest absolute Gasteiger partial charge is 0.508 e. The zero-order chi connectivity index (χ0) is 63.1. The summed E-state index contributed by atoms with van der Waals surface area (Å²) in [5.74, 6) is 4.54. The van der Waals surface area contributed by atoms with E-state index in [4.69, 9.17) is 0 Å². The number of hydrogen-bond donors (Lipinski definition) is 4. The molecule has 3 aromatic heterocycles. The number of amidine groups is 2. The van der Waals surface area contributed by atoms with Gasteiger partial charge < -0.3 is 44.3 Å². The van der Waals surface area contributed by atoms with Gasteiger partial charge in [0, 0.05) is 115 Å². The maximum atomic E-state index is 11.7. The summed E-state index contributed by atoms with van der Waals surface area (Å²) < 4.78 is 4.91. The van der Waals surface area contributed by atoms with Crippen molar-refractivity contribution >= 4 is 11.7 Å². The zero-order valence-electron chi connectivity index (χ0n) is 54.1. The molecule has 0 spiro atoms. The van der Waals surface area contributed by atoms with E-state index in [1.165, 1.54) is 12.1 Å². The third-order valence-corrected chi connectivity index (χ3v) is 12.6. The highest BCUT2D eigenvalue weighted by atomic mass is 16.3. The molecule has 0 bridgehead atoms. The minimum Gasteiger partial charge on any atom is -0.508 e.